The smallest absolute Gasteiger partial charge is 0.224 e. The van der Waals surface area contributed by atoms with Crippen LogP contribution in [-0.4, -0.2) is 12.5 Å². The van der Waals surface area contributed by atoms with Gasteiger partial charge in [-0.1, -0.05) is 35.9 Å². The van der Waals surface area contributed by atoms with E-state index in [2.05, 4.69) is 5.32 Å². The molecule has 4 heteroatoms. The van der Waals surface area contributed by atoms with Crippen LogP contribution in [0.3, 0.4) is 0 Å². The van der Waals surface area contributed by atoms with Gasteiger partial charge in [0, 0.05) is 17.3 Å². The minimum absolute atomic E-state index is 0.0367. The molecule has 2 rings (SSSR count). The molecule has 0 spiro atoms. The maximum Gasteiger partial charge on any atom is 0.224 e. The summed E-state index contributed by atoms with van der Waals surface area (Å²) in [5, 5.41) is 3.61. The SMILES string of the molecule is Nc1ccc(CCCNC(=O)Cc2ccc(Cl)cc2)cc1. The van der Waals surface area contributed by atoms with Crippen molar-refractivity contribution in [3.8, 4) is 0 Å². The molecule has 0 aromatic heterocycles. The van der Waals surface area contributed by atoms with Crippen molar-refractivity contribution in [1.29, 1.82) is 0 Å². The summed E-state index contributed by atoms with van der Waals surface area (Å²) in [5.41, 5.74) is 8.61. The second kappa shape index (κ2) is 7.70. The van der Waals surface area contributed by atoms with Gasteiger partial charge < -0.3 is 11.1 Å². The lowest BCUT2D eigenvalue weighted by Crippen LogP contribution is -2.26. The normalized spacial score (nSPS) is 10.3. The summed E-state index contributed by atoms with van der Waals surface area (Å²) < 4.78 is 0. The standard InChI is InChI=1S/C17H19ClN2O/c18-15-7-3-14(4-8-15)12-17(21)20-11-1-2-13-5-9-16(19)10-6-13/h3-10H,1-2,11-12,19H2,(H,20,21). The van der Waals surface area contributed by atoms with Gasteiger partial charge in [-0.2, -0.15) is 0 Å². The lowest BCUT2D eigenvalue weighted by atomic mass is 10.1. The lowest BCUT2D eigenvalue weighted by Gasteiger charge is -2.06. The van der Waals surface area contributed by atoms with E-state index in [0.29, 0.717) is 18.0 Å². The first-order valence-electron chi connectivity index (χ1n) is 6.99. The quantitative estimate of drug-likeness (QED) is 0.636. The number of benzene rings is 2. The number of nitrogens with one attached hydrogen (secondary N) is 1. The van der Waals surface area contributed by atoms with Crippen LogP contribution in [0.1, 0.15) is 17.5 Å². The summed E-state index contributed by atoms with van der Waals surface area (Å²) in [4.78, 5) is 11.8. The first-order valence-corrected chi connectivity index (χ1v) is 7.37. The van der Waals surface area contributed by atoms with Gasteiger partial charge >= 0.3 is 0 Å². The molecule has 3 nitrogen and oxygen atoms in total. The Bertz CT molecular complexity index is 579. The molecule has 0 aliphatic carbocycles. The van der Waals surface area contributed by atoms with E-state index in [4.69, 9.17) is 17.3 Å². The number of halogens is 1. The van der Waals surface area contributed by atoms with E-state index in [1.165, 1.54) is 5.56 Å². The summed E-state index contributed by atoms with van der Waals surface area (Å²) in [7, 11) is 0. The van der Waals surface area contributed by atoms with E-state index in [1.807, 2.05) is 36.4 Å². The van der Waals surface area contributed by atoms with Gasteiger partial charge in [-0.15, -0.1) is 0 Å². The average molecular weight is 303 g/mol. The second-order valence-electron chi connectivity index (χ2n) is 5.00. The van der Waals surface area contributed by atoms with Gasteiger partial charge in [0.15, 0.2) is 0 Å². The van der Waals surface area contributed by atoms with Crippen molar-refractivity contribution >= 4 is 23.2 Å². The predicted molar refractivity (Wildman–Crippen MR) is 87.3 cm³/mol. The van der Waals surface area contributed by atoms with Crippen LogP contribution in [0.5, 0.6) is 0 Å². The highest BCUT2D eigenvalue weighted by Gasteiger charge is 2.02. The number of anilines is 1. The van der Waals surface area contributed by atoms with Crippen LogP contribution in [-0.2, 0) is 17.6 Å². The molecule has 0 heterocycles. The van der Waals surface area contributed by atoms with Gasteiger partial charge in [0.2, 0.25) is 5.91 Å². The van der Waals surface area contributed by atoms with E-state index in [0.717, 1.165) is 24.1 Å². The molecule has 0 atom stereocenters. The fourth-order valence-corrected chi connectivity index (χ4v) is 2.18. The molecule has 2 aromatic rings. The van der Waals surface area contributed by atoms with Crippen molar-refractivity contribution in [3.05, 3.63) is 64.7 Å². The zero-order valence-corrected chi connectivity index (χ0v) is 12.6. The molecule has 0 unspecified atom stereocenters. The first-order chi connectivity index (χ1) is 10.1. The number of hydrogen-bond acceptors (Lipinski definition) is 2. The third-order valence-corrected chi connectivity index (χ3v) is 3.47. The van der Waals surface area contributed by atoms with Crippen LogP contribution in [0.25, 0.3) is 0 Å². The number of hydrogen-bond donors (Lipinski definition) is 2. The third kappa shape index (κ3) is 5.48. The molecule has 0 saturated carbocycles. The van der Waals surface area contributed by atoms with Gasteiger partial charge in [0.25, 0.3) is 0 Å². The third-order valence-electron chi connectivity index (χ3n) is 3.22. The molecule has 3 N–H and O–H groups in total. The monoisotopic (exact) mass is 302 g/mol. The Morgan fingerprint density at radius 1 is 1.00 bits per heavy atom. The summed E-state index contributed by atoms with van der Waals surface area (Å²) in [6.07, 6.45) is 2.23. The molecule has 0 aliphatic heterocycles. The Balaban J connectivity index is 1.67. The number of carbonyl (C=O) groups excluding carboxylic acids is 1. The van der Waals surface area contributed by atoms with E-state index >= 15 is 0 Å². The van der Waals surface area contributed by atoms with E-state index in [-0.39, 0.29) is 5.91 Å². The summed E-state index contributed by atoms with van der Waals surface area (Å²) in [6.45, 7) is 0.677. The molecule has 2 aromatic carbocycles. The number of aryl methyl sites for hydroxylation is 1. The van der Waals surface area contributed by atoms with Crippen LogP contribution >= 0.6 is 11.6 Å². The predicted octanol–water partition coefficient (Wildman–Crippen LogP) is 3.21. The molecule has 0 bridgehead atoms. The highest BCUT2D eigenvalue weighted by molar-refractivity contribution is 6.30. The minimum atomic E-state index is 0.0367. The number of nitrogen functional groups attached to an aromatic ring is 1. The van der Waals surface area contributed by atoms with Crippen molar-refractivity contribution in [3.63, 3.8) is 0 Å². The molecule has 110 valence electrons. The van der Waals surface area contributed by atoms with Crippen LogP contribution in [0.4, 0.5) is 5.69 Å². The van der Waals surface area contributed by atoms with E-state index in [1.54, 1.807) is 12.1 Å². The highest BCUT2D eigenvalue weighted by Crippen LogP contribution is 2.10. The molecule has 0 fully saturated rings. The summed E-state index contributed by atoms with van der Waals surface area (Å²) >= 11 is 5.81. The minimum Gasteiger partial charge on any atom is -0.399 e. The Morgan fingerprint density at radius 2 is 1.62 bits per heavy atom. The number of nitrogens with two attached hydrogens (primary N) is 1. The Kier molecular flexibility index (Phi) is 5.64. The molecular formula is C17H19ClN2O. The Labute approximate surface area is 130 Å². The largest absolute Gasteiger partial charge is 0.399 e. The van der Waals surface area contributed by atoms with Crippen molar-refractivity contribution < 1.29 is 4.79 Å². The molecule has 0 saturated heterocycles. The molecule has 0 aliphatic rings. The summed E-state index contributed by atoms with van der Waals surface area (Å²) in [5.74, 6) is 0.0367. The summed E-state index contributed by atoms with van der Waals surface area (Å²) in [6, 6.07) is 15.2. The maximum atomic E-state index is 11.8. The lowest BCUT2D eigenvalue weighted by molar-refractivity contribution is -0.120. The van der Waals surface area contributed by atoms with E-state index < -0.39 is 0 Å². The van der Waals surface area contributed by atoms with Crippen molar-refractivity contribution in [2.24, 2.45) is 0 Å². The fraction of sp³-hybridized carbons (Fsp3) is 0.235. The zero-order valence-electron chi connectivity index (χ0n) is 11.8. The highest BCUT2D eigenvalue weighted by atomic mass is 35.5. The van der Waals surface area contributed by atoms with Crippen molar-refractivity contribution in [2.45, 2.75) is 19.3 Å². The number of carbonyl (C=O) groups is 1. The molecular weight excluding hydrogens is 284 g/mol. The van der Waals surface area contributed by atoms with Crippen molar-refractivity contribution in [1.82, 2.24) is 5.32 Å². The maximum absolute atomic E-state index is 11.8. The molecule has 21 heavy (non-hydrogen) atoms. The van der Waals surface area contributed by atoms with Gasteiger partial charge in [-0.05, 0) is 48.2 Å². The fourth-order valence-electron chi connectivity index (χ4n) is 2.05. The Morgan fingerprint density at radius 3 is 2.29 bits per heavy atom. The molecule has 1 amide bonds. The van der Waals surface area contributed by atoms with Crippen LogP contribution < -0.4 is 11.1 Å². The van der Waals surface area contributed by atoms with Gasteiger partial charge in [0.05, 0.1) is 6.42 Å². The average Bonchev–Trinajstić information content (AvgIpc) is 2.48. The molecule has 0 radical (unpaired) electrons. The van der Waals surface area contributed by atoms with Gasteiger partial charge in [-0.25, -0.2) is 0 Å². The second-order valence-corrected chi connectivity index (χ2v) is 5.43. The van der Waals surface area contributed by atoms with E-state index in [9.17, 15) is 4.79 Å². The topological polar surface area (TPSA) is 55.1 Å². The van der Waals surface area contributed by atoms with Gasteiger partial charge in [-0.3, -0.25) is 4.79 Å². The van der Waals surface area contributed by atoms with Gasteiger partial charge in [0.1, 0.15) is 0 Å². The van der Waals surface area contributed by atoms with Crippen LogP contribution in [0, 0.1) is 0 Å². The van der Waals surface area contributed by atoms with Crippen LogP contribution in [0.2, 0.25) is 5.02 Å². The van der Waals surface area contributed by atoms with Crippen molar-refractivity contribution in [2.75, 3.05) is 12.3 Å². The first kappa shape index (κ1) is 15.4. The zero-order chi connectivity index (χ0) is 15.1. The number of rotatable bonds is 6. The number of amides is 1. The van der Waals surface area contributed by atoms with Crippen LogP contribution in [0.15, 0.2) is 48.5 Å². The Hall–Kier alpha value is -2.00.